The molecule has 6 atom stereocenters. The number of aliphatic hydroxyl groups is 10. The number of benzene rings is 2. The number of hydrogen-bond donors (Lipinski definition) is 15. The van der Waals surface area contributed by atoms with Crippen LogP contribution in [0.5, 0.6) is 0 Å². The first-order valence-corrected chi connectivity index (χ1v) is 23.4. The lowest BCUT2D eigenvalue weighted by Crippen LogP contribution is -2.40. The van der Waals surface area contributed by atoms with Gasteiger partial charge in [-0.2, -0.15) is 0 Å². The van der Waals surface area contributed by atoms with Gasteiger partial charge in [0, 0.05) is 40.4 Å². The molecule has 2 aromatic rings. The maximum Gasteiger partial charge on any atom is 0.256 e. The number of aliphatic hydroxyl groups excluding tert-OH is 10. The Balaban J connectivity index is 2.35. The first-order valence-electron chi connectivity index (χ1n) is 18.0. The number of carbonyl (C=O) groups is 5. The molecule has 0 aliphatic heterocycles. The zero-order chi connectivity index (χ0) is 46.5. The number of hydrogen-bond acceptors (Lipinski definition) is 16. The summed E-state index contributed by atoms with van der Waals surface area (Å²) in [6, 6.07) is 0. The van der Waals surface area contributed by atoms with Crippen molar-refractivity contribution < 1.29 is 75.0 Å². The van der Waals surface area contributed by atoms with Crippen LogP contribution in [0.3, 0.4) is 0 Å². The Kier molecular flexibility index (Phi) is 24.5. The first kappa shape index (κ1) is 56.0. The number of rotatable bonds is 23. The molecule has 0 saturated carbocycles. The minimum atomic E-state index is -2.06. The third-order valence-corrected chi connectivity index (χ3v) is 14.1. The number of carbonyl (C=O) groups excluding carboxylic acids is 5. The highest BCUT2D eigenvalue weighted by Gasteiger charge is 2.33. The predicted molar refractivity (Wildman–Crippen MR) is 261 cm³/mol. The van der Waals surface area contributed by atoms with Crippen LogP contribution in [0.25, 0.3) is 0 Å². The quantitative estimate of drug-likeness (QED) is 0.0332. The van der Waals surface area contributed by atoms with Gasteiger partial charge >= 0.3 is 0 Å². The van der Waals surface area contributed by atoms with Crippen molar-refractivity contribution in [2.75, 3.05) is 70.3 Å². The van der Waals surface area contributed by atoms with Crippen LogP contribution in [0.4, 0.5) is 11.4 Å². The third kappa shape index (κ3) is 14.9. The van der Waals surface area contributed by atoms with E-state index >= 15 is 0 Å². The van der Waals surface area contributed by atoms with Gasteiger partial charge in [0.05, 0.1) is 83.0 Å². The van der Waals surface area contributed by atoms with Gasteiger partial charge in [-0.15, -0.1) is 0 Å². The Labute approximate surface area is 417 Å². The predicted octanol–water partition coefficient (Wildman–Crippen LogP) is -1.80. The van der Waals surface area contributed by atoms with Crippen LogP contribution in [0, 0.1) is 24.8 Å². The molecule has 0 spiro atoms. The number of halogens is 5. The normalized spacial score (nSPS) is 14.2. The summed E-state index contributed by atoms with van der Waals surface area (Å²) >= 11 is 9.06. The Hall–Kier alpha value is -1.16. The topological polar surface area (TPSA) is 351 Å². The molecule has 0 bridgehead atoms. The molecule has 26 heteroatoms. The number of anilines is 2. The monoisotopic (exact) mass is 1430 g/mol. The summed E-state index contributed by atoms with van der Waals surface area (Å²) in [6.07, 6.45) is -9.10. The van der Waals surface area contributed by atoms with Gasteiger partial charge in [0.15, 0.2) is 12.3 Å². The Morgan fingerprint density at radius 3 is 1.56 bits per heavy atom. The molecule has 342 valence electrons. The van der Waals surface area contributed by atoms with Crippen molar-refractivity contribution in [3.63, 3.8) is 0 Å². The van der Waals surface area contributed by atoms with Crippen molar-refractivity contribution in [2.45, 2.75) is 56.5 Å². The zero-order valence-corrected chi connectivity index (χ0v) is 43.2. The first-order chi connectivity index (χ1) is 28.6. The van der Waals surface area contributed by atoms with E-state index in [1.165, 1.54) is 14.0 Å². The van der Waals surface area contributed by atoms with Gasteiger partial charge in [-0.3, -0.25) is 24.0 Å². The minimum absolute atomic E-state index is 0.0274. The summed E-state index contributed by atoms with van der Waals surface area (Å²) in [4.78, 5) is 68.3. The van der Waals surface area contributed by atoms with Crippen LogP contribution in [-0.4, -0.2) is 182 Å². The summed E-state index contributed by atoms with van der Waals surface area (Å²) < 4.78 is 1.06. The van der Waals surface area contributed by atoms with E-state index in [1.807, 2.05) is 67.8 Å². The van der Waals surface area contributed by atoms with Crippen molar-refractivity contribution in [3.8, 4) is 0 Å². The van der Waals surface area contributed by atoms with E-state index in [4.69, 9.17) is 0 Å². The fraction of sp³-hybridized carbons (Fsp3) is 0.514. The smallest absolute Gasteiger partial charge is 0.256 e. The number of nitrogens with one attached hydrogen (secondary N) is 5. The summed E-state index contributed by atoms with van der Waals surface area (Å²) in [7, 11) is 1.39. The lowest BCUT2D eigenvalue weighted by atomic mass is 10.0. The van der Waals surface area contributed by atoms with Gasteiger partial charge in [-0.1, -0.05) is 0 Å². The average molecular weight is 1430 g/mol. The second-order valence-corrected chi connectivity index (χ2v) is 18.6. The van der Waals surface area contributed by atoms with Gasteiger partial charge in [0.1, 0.15) is 12.2 Å². The Bertz CT molecular complexity index is 1920. The van der Waals surface area contributed by atoms with Crippen LogP contribution in [0.2, 0.25) is 0 Å². The van der Waals surface area contributed by atoms with Gasteiger partial charge < -0.3 is 82.5 Å². The van der Waals surface area contributed by atoms with E-state index in [0.29, 0.717) is 12.8 Å². The fourth-order valence-corrected chi connectivity index (χ4v) is 12.4. The molecule has 2 aromatic carbocycles. The van der Waals surface area contributed by atoms with Crippen LogP contribution >= 0.6 is 113 Å². The molecule has 0 aliphatic carbocycles. The third-order valence-electron chi connectivity index (χ3n) is 8.68. The standard InChI is InChI=1S/C35H47I5N6O15/c1-13-18(22(36)19(33(59)43-7-14(51)9-47)24(38)27(13)44-34(60)29(55)16(53)11-49)31(57)41-5-3-4-6-42-32(58)20-23(37)21(35(61)46(2)8-15(52)10-48)26(40)28(25(20)39)45-30(56)17(54)12-50/h14-17,29-30,45,47-56H,3-12H2,1-2H3,(H,41,57)(H,42,58)(H,43,59)(H,44,60). The molecule has 21 nitrogen and oxygen atoms in total. The van der Waals surface area contributed by atoms with Gasteiger partial charge in [-0.05, 0) is 138 Å². The van der Waals surface area contributed by atoms with Crippen LogP contribution in [0.1, 0.15) is 59.8 Å². The highest BCUT2D eigenvalue weighted by atomic mass is 127. The molecule has 0 aliphatic rings. The van der Waals surface area contributed by atoms with E-state index in [2.05, 4.69) is 26.6 Å². The lowest BCUT2D eigenvalue weighted by Gasteiger charge is -2.26. The molecule has 0 aromatic heterocycles. The second kappa shape index (κ2) is 26.7. The number of nitrogens with zero attached hydrogens (tertiary/aromatic N) is 1. The zero-order valence-electron chi connectivity index (χ0n) is 32.4. The molecule has 0 heterocycles. The molecular weight excluding hydrogens is 1380 g/mol. The van der Waals surface area contributed by atoms with E-state index in [9.17, 15) is 75.0 Å². The average Bonchev–Trinajstić information content (AvgIpc) is 3.22. The summed E-state index contributed by atoms with van der Waals surface area (Å²) in [5.74, 6) is -3.80. The molecule has 5 amide bonds. The van der Waals surface area contributed by atoms with Crippen LogP contribution < -0.4 is 26.6 Å². The fourth-order valence-electron chi connectivity index (χ4n) is 5.25. The highest BCUT2D eigenvalue weighted by molar-refractivity contribution is 14.1. The molecule has 0 fully saturated rings. The van der Waals surface area contributed by atoms with Crippen molar-refractivity contribution >= 4 is 154 Å². The van der Waals surface area contributed by atoms with E-state index in [1.54, 1.807) is 45.2 Å². The van der Waals surface area contributed by atoms with E-state index in [0.717, 1.165) is 4.90 Å². The highest BCUT2D eigenvalue weighted by Crippen LogP contribution is 2.37. The SMILES string of the molecule is Cc1c(NC(=O)C(O)C(O)CO)c(I)c(C(=O)NCC(O)CO)c(I)c1C(=O)NCCCCNC(=O)c1c(I)c(NC(O)C(O)CO)c(I)c(C(=O)N(C)CC(O)CO)c1I. The van der Waals surface area contributed by atoms with Crippen molar-refractivity contribution in [1.82, 2.24) is 20.9 Å². The van der Waals surface area contributed by atoms with Gasteiger partial charge in [0.2, 0.25) is 0 Å². The number of amides is 5. The number of likely N-dealkylation sites (N-methyl/N-ethyl adjacent to an activating group) is 1. The lowest BCUT2D eigenvalue weighted by molar-refractivity contribution is -0.131. The van der Waals surface area contributed by atoms with Crippen LogP contribution in [-0.2, 0) is 4.79 Å². The minimum Gasteiger partial charge on any atom is -0.394 e. The molecular formula is C35H47I5N6O15. The van der Waals surface area contributed by atoms with Gasteiger partial charge in [-0.25, -0.2) is 0 Å². The maximum absolute atomic E-state index is 13.7. The summed E-state index contributed by atoms with van der Waals surface area (Å²) in [6.45, 7) is -1.94. The van der Waals surface area contributed by atoms with Gasteiger partial charge in [0.25, 0.3) is 29.5 Å². The largest absolute Gasteiger partial charge is 0.394 e. The van der Waals surface area contributed by atoms with Crippen molar-refractivity contribution in [1.29, 1.82) is 0 Å². The summed E-state index contributed by atoms with van der Waals surface area (Å²) in [5.41, 5.74) is 0.215. The molecule has 6 unspecified atom stereocenters. The maximum atomic E-state index is 13.7. The second-order valence-electron chi connectivity index (χ2n) is 13.3. The molecule has 61 heavy (non-hydrogen) atoms. The molecule has 2 rings (SSSR count). The van der Waals surface area contributed by atoms with E-state index < -0.39 is 92.7 Å². The van der Waals surface area contributed by atoms with Crippen LogP contribution in [0.15, 0.2) is 0 Å². The van der Waals surface area contributed by atoms with Crippen molar-refractivity contribution in [3.05, 3.63) is 45.7 Å². The summed E-state index contributed by atoms with van der Waals surface area (Å²) in [5, 5.41) is 110. The number of unbranched alkanes of at least 4 members (excludes halogenated alkanes) is 1. The molecule has 0 saturated heterocycles. The van der Waals surface area contributed by atoms with E-state index in [-0.39, 0.29) is 83.2 Å². The van der Waals surface area contributed by atoms with Crippen molar-refractivity contribution in [2.24, 2.45) is 0 Å². The Morgan fingerprint density at radius 2 is 1.05 bits per heavy atom. The molecule has 0 radical (unpaired) electrons. The molecule has 15 N–H and O–H groups in total. The Morgan fingerprint density at radius 1 is 0.590 bits per heavy atom.